The summed E-state index contributed by atoms with van der Waals surface area (Å²) in [6.45, 7) is 0. The van der Waals surface area contributed by atoms with Crippen molar-refractivity contribution in [3.8, 4) is 0 Å². The van der Waals surface area contributed by atoms with Crippen molar-refractivity contribution < 1.29 is 9.59 Å². The minimum atomic E-state index is -0.427. The zero-order chi connectivity index (χ0) is 23.0. The van der Waals surface area contributed by atoms with Crippen LogP contribution in [-0.2, 0) is 9.59 Å². The van der Waals surface area contributed by atoms with E-state index in [-0.39, 0.29) is 11.8 Å². The van der Waals surface area contributed by atoms with Gasteiger partial charge in [-0.15, -0.1) is 22.7 Å². The van der Waals surface area contributed by atoms with Crippen molar-refractivity contribution in [3.05, 3.63) is 68.6 Å². The minimum absolute atomic E-state index is 0.0841. The molecule has 0 radical (unpaired) electrons. The summed E-state index contributed by atoms with van der Waals surface area (Å²) in [6, 6.07) is 16.7. The van der Waals surface area contributed by atoms with Crippen molar-refractivity contribution >= 4 is 117 Å². The molecule has 9 rings (SSSR count). The van der Waals surface area contributed by atoms with Crippen LogP contribution in [0.4, 0.5) is 0 Å². The lowest BCUT2D eigenvalue weighted by molar-refractivity contribution is -0.137. The SMILES string of the molecule is CN1C(=O)C2c3c4ccccc4c(c4c3sc3c4sc4c(Br)c5ccccc5c(Br)c43)C2C1=O. The summed E-state index contributed by atoms with van der Waals surface area (Å²) >= 11 is 11.4. The van der Waals surface area contributed by atoms with Gasteiger partial charge in [0.05, 0.1) is 25.9 Å². The zero-order valence-corrected chi connectivity index (χ0v) is 22.4. The van der Waals surface area contributed by atoms with Gasteiger partial charge >= 0.3 is 0 Å². The Morgan fingerprint density at radius 2 is 1.15 bits per heavy atom. The Hall–Kier alpha value is -2.32. The van der Waals surface area contributed by atoms with Crippen molar-refractivity contribution in [2.24, 2.45) is 0 Å². The van der Waals surface area contributed by atoms with Gasteiger partial charge in [-0.1, -0.05) is 48.5 Å². The minimum Gasteiger partial charge on any atom is -0.285 e. The molecule has 2 bridgehead atoms. The van der Waals surface area contributed by atoms with Crippen LogP contribution in [0, 0.1) is 0 Å². The number of halogens is 2. The van der Waals surface area contributed by atoms with Gasteiger partial charge in [0, 0.05) is 31.5 Å². The maximum absolute atomic E-state index is 13.3. The third-order valence-electron chi connectivity index (χ3n) is 7.51. The van der Waals surface area contributed by atoms with Gasteiger partial charge in [-0.25, -0.2) is 0 Å². The van der Waals surface area contributed by atoms with Crippen molar-refractivity contribution in [2.45, 2.75) is 11.8 Å². The number of amides is 2. The Kier molecular flexibility index (Phi) is 3.79. The first-order chi connectivity index (χ1) is 16.5. The molecule has 2 amide bonds. The largest absolute Gasteiger partial charge is 0.285 e. The van der Waals surface area contributed by atoms with Crippen LogP contribution < -0.4 is 0 Å². The number of hydrogen-bond donors (Lipinski definition) is 0. The van der Waals surface area contributed by atoms with Crippen LogP contribution in [0.2, 0.25) is 0 Å². The molecule has 2 atom stereocenters. The highest BCUT2D eigenvalue weighted by Crippen LogP contribution is 2.61. The summed E-state index contributed by atoms with van der Waals surface area (Å²) in [7, 11) is 1.62. The number of likely N-dealkylation sites (tertiary alicyclic amines) is 1. The molecule has 7 heteroatoms. The highest BCUT2D eigenvalue weighted by Gasteiger charge is 2.53. The Bertz CT molecular complexity index is 1970. The summed E-state index contributed by atoms with van der Waals surface area (Å²) in [5.74, 6) is -1.01. The van der Waals surface area contributed by atoms with Crippen LogP contribution in [0.5, 0.6) is 0 Å². The second-order valence-electron chi connectivity index (χ2n) is 9.01. The maximum atomic E-state index is 13.3. The van der Waals surface area contributed by atoms with Gasteiger partial charge in [0.25, 0.3) is 0 Å². The Balaban J connectivity index is 1.64. The van der Waals surface area contributed by atoms with E-state index in [0.717, 1.165) is 40.9 Å². The third-order valence-corrected chi connectivity index (χ3v) is 12.0. The lowest BCUT2D eigenvalue weighted by Crippen LogP contribution is -2.25. The monoisotopic (exact) mass is 605 g/mol. The molecule has 2 aromatic heterocycles. The molecule has 3 aliphatic rings. The molecule has 3 heterocycles. The van der Waals surface area contributed by atoms with Crippen LogP contribution in [0.25, 0.3) is 51.1 Å². The second kappa shape index (κ2) is 6.46. The van der Waals surface area contributed by atoms with Crippen LogP contribution in [0.15, 0.2) is 57.5 Å². The van der Waals surface area contributed by atoms with E-state index in [4.69, 9.17) is 0 Å². The lowest BCUT2D eigenvalue weighted by atomic mass is 9.72. The molecule has 6 aromatic rings. The van der Waals surface area contributed by atoms with Crippen LogP contribution in [0.1, 0.15) is 23.0 Å². The predicted molar refractivity (Wildman–Crippen MR) is 148 cm³/mol. The fourth-order valence-electron chi connectivity index (χ4n) is 6.08. The van der Waals surface area contributed by atoms with Gasteiger partial charge in [0.1, 0.15) is 0 Å². The summed E-state index contributed by atoms with van der Waals surface area (Å²) in [6.07, 6.45) is 0. The van der Waals surface area contributed by atoms with Gasteiger partial charge in [0.2, 0.25) is 11.8 Å². The molecule has 2 aliphatic carbocycles. The van der Waals surface area contributed by atoms with Crippen molar-refractivity contribution in [1.29, 1.82) is 0 Å². The summed E-state index contributed by atoms with van der Waals surface area (Å²) in [5, 5.41) is 6.92. The van der Waals surface area contributed by atoms with E-state index in [1.807, 2.05) is 12.1 Å². The molecule has 1 aliphatic heterocycles. The Morgan fingerprint density at radius 3 is 1.82 bits per heavy atom. The summed E-state index contributed by atoms with van der Waals surface area (Å²) in [5.41, 5.74) is 2.06. The number of nitrogens with zero attached hydrogens (tertiary/aromatic N) is 1. The number of carbonyl (C=O) groups excluding carboxylic acids is 2. The topological polar surface area (TPSA) is 37.4 Å². The number of carbonyl (C=O) groups is 2. The van der Waals surface area contributed by atoms with Crippen LogP contribution >= 0.6 is 54.5 Å². The van der Waals surface area contributed by atoms with E-state index in [1.165, 1.54) is 35.2 Å². The standard InChI is InChI=1S/C27H13Br2NO2S2/c1-30-26(31)16-14-10-6-2-3-7-11(10)15(17(16)27(30)32)22-18(14)24-25(33-22)19-20(28)12-8-4-5-9-13(12)21(29)23(19)34-24/h2-9,16-17H,1H3. The van der Waals surface area contributed by atoms with Gasteiger partial charge < -0.3 is 0 Å². The highest BCUT2D eigenvalue weighted by molar-refractivity contribution is 9.11. The fourth-order valence-corrected chi connectivity index (χ4v) is 10.8. The predicted octanol–water partition coefficient (Wildman–Crippen LogP) is 8.28. The average molecular weight is 607 g/mol. The van der Waals surface area contributed by atoms with E-state index in [9.17, 15) is 9.59 Å². The maximum Gasteiger partial charge on any atom is 0.237 e. The summed E-state index contributed by atoms with van der Waals surface area (Å²) in [4.78, 5) is 27.9. The molecular formula is C27H13Br2NO2S2. The number of fused-ring (bicyclic) bond motifs is 4. The van der Waals surface area contributed by atoms with Gasteiger partial charge in [0.15, 0.2) is 0 Å². The lowest BCUT2D eigenvalue weighted by Gasteiger charge is -2.28. The van der Waals surface area contributed by atoms with E-state index < -0.39 is 11.8 Å². The summed E-state index contributed by atoms with van der Waals surface area (Å²) < 4.78 is 7.00. The first-order valence-electron chi connectivity index (χ1n) is 10.9. The average Bonchev–Trinajstić information content (AvgIpc) is 3.49. The molecule has 2 unspecified atom stereocenters. The quantitative estimate of drug-likeness (QED) is 0.163. The van der Waals surface area contributed by atoms with E-state index in [0.29, 0.717) is 0 Å². The fraction of sp³-hybridized carbons (Fsp3) is 0.111. The van der Waals surface area contributed by atoms with E-state index in [2.05, 4.69) is 68.3 Å². The zero-order valence-electron chi connectivity index (χ0n) is 17.6. The molecule has 0 saturated carbocycles. The van der Waals surface area contributed by atoms with Crippen LogP contribution in [-0.4, -0.2) is 23.8 Å². The van der Waals surface area contributed by atoms with Gasteiger partial charge in [-0.05, 0) is 64.5 Å². The molecule has 34 heavy (non-hydrogen) atoms. The second-order valence-corrected chi connectivity index (χ2v) is 12.6. The first-order valence-corrected chi connectivity index (χ1v) is 14.1. The Morgan fingerprint density at radius 1 is 0.647 bits per heavy atom. The Labute approximate surface area is 218 Å². The smallest absolute Gasteiger partial charge is 0.237 e. The molecule has 1 saturated heterocycles. The molecule has 4 aromatic carbocycles. The molecule has 1 fully saturated rings. The number of imide groups is 1. The molecule has 0 N–H and O–H groups in total. The first kappa shape index (κ1) is 19.9. The van der Waals surface area contributed by atoms with E-state index in [1.54, 1.807) is 29.7 Å². The molecular weight excluding hydrogens is 594 g/mol. The highest BCUT2D eigenvalue weighted by atomic mass is 79.9. The number of benzene rings is 4. The normalized spacial score (nSPS) is 19.7. The van der Waals surface area contributed by atoms with Crippen LogP contribution in [0.3, 0.4) is 0 Å². The van der Waals surface area contributed by atoms with Crippen molar-refractivity contribution in [2.75, 3.05) is 7.05 Å². The molecule has 164 valence electrons. The van der Waals surface area contributed by atoms with Crippen molar-refractivity contribution in [1.82, 2.24) is 4.90 Å². The molecule has 3 nitrogen and oxygen atoms in total. The van der Waals surface area contributed by atoms with E-state index >= 15 is 0 Å². The molecule has 0 spiro atoms. The number of rotatable bonds is 0. The number of hydrogen-bond acceptors (Lipinski definition) is 4. The third kappa shape index (κ3) is 2.11. The van der Waals surface area contributed by atoms with Gasteiger partial charge in [-0.2, -0.15) is 0 Å². The number of thiophene rings is 2. The number of likely N-dealkylation sites (N-methyl/N-ethyl adjacent to an activating group) is 1. The van der Waals surface area contributed by atoms with Gasteiger partial charge in [-0.3, -0.25) is 14.5 Å². The van der Waals surface area contributed by atoms with Crippen molar-refractivity contribution in [3.63, 3.8) is 0 Å².